The van der Waals surface area contributed by atoms with Gasteiger partial charge in [-0.1, -0.05) is 72.8 Å². The second kappa shape index (κ2) is 8.02. The molecule has 2 rings (SSSR count). The summed E-state index contributed by atoms with van der Waals surface area (Å²) < 4.78 is 0. The van der Waals surface area contributed by atoms with Gasteiger partial charge in [-0.3, -0.25) is 4.90 Å². The van der Waals surface area contributed by atoms with E-state index in [0.29, 0.717) is 5.88 Å². The van der Waals surface area contributed by atoms with Crippen LogP contribution in [0, 0.1) is 0 Å². The first-order valence-electron chi connectivity index (χ1n) is 7.26. The standard InChI is InChI=1S/C19H22ClN/c1-16(2)15-21(14-13-20)19(17-9-5-3-6-10-17)18-11-7-4-8-12-18/h3-12,19H,1,13-15H2,2H3. The van der Waals surface area contributed by atoms with E-state index >= 15 is 0 Å². The molecule has 0 radical (unpaired) electrons. The molecule has 0 saturated heterocycles. The number of rotatable bonds is 7. The number of nitrogens with zero attached hydrogens (tertiary/aromatic N) is 1. The predicted molar refractivity (Wildman–Crippen MR) is 91.8 cm³/mol. The molecule has 0 aliphatic heterocycles. The van der Waals surface area contributed by atoms with Crippen molar-refractivity contribution in [1.29, 1.82) is 0 Å². The van der Waals surface area contributed by atoms with E-state index < -0.39 is 0 Å². The highest BCUT2D eigenvalue weighted by Crippen LogP contribution is 2.29. The van der Waals surface area contributed by atoms with Gasteiger partial charge in [-0.05, 0) is 18.1 Å². The number of alkyl halides is 1. The van der Waals surface area contributed by atoms with Crippen LogP contribution < -0.4 is 0 Å². The molecule has 110 valence electrons. The van der Waals surface area contributed by atoms with E-state index in [0.717, 1.165) is 18.7 Å². The topological polar surface area (TPSA) is 3.24 Å². The molecule has 2 heteroatoms. The Morgan fingerprint density at radius 3 is 1.86 bits per heavy atom. The molecule has 0 aliphatic rings. The fourth-order valence-electron chi connectivity index (χ4n) is 2.64. The summed E-state index contributed by atoms with van der Waals surface area (Å²) in [6.07, 6.45) is 0. The van der Waals surface area contributed by atoms with Gasteiger partial charge in [0.05, 0.1) is 6.04 Å². The van der Waals surface area contributed by atoms with Crippen molar-refractivity contribution < 1.29 is 0 Å². The van der Waals surface area contributed by atoms with Crippen molar-refractivity contribution in [1.82, 2.24) is 4.90 Å². The van der Waals surface area contributed by atoms with Crippen molar-refractivity contribution in [3.8, 4) is 0 Å². The van der Waals surface area contributed by atoms with Gasteiger partial charge in [-0.15, -0.1) is 11.6 Å². The lowest BCUT2D eigenvalue weighted by Crippen LogP contribution is -2.32. The highest BCUT2D eigenvalue weighted by atomic mass is 35.5. The molecule has 2 aromatic rings. The molecule has 0 spiro atoms. The highest BCUT2D eigenvalue weighted by molar-refractivity contribution is 6.18. The number of hydrogen-bond donors (Lipinski definition) is 0. The fraction of sp³-hybridized carbons (Fsp3) is 0.263. The van der Waals surface area contributed by atoms with E-state index in [4.69, 9.17) is 11.6 Å². The Labute approximate surface area is 132 Å². The molecule has 0 amide bonds. The van der Waals surface area contributed by atoms with Gasteiger partial charge in [0.2, 0.25) is 0 Å². The van der Waals surface area contributed by atoms with Crippen molar-refractivity contribution in [3.63, 3.8) is 0 Å². The maximum atomic E-state index is 6.03. The van der Waals surface area contributed by atoms with Crippen LogP contribution in [0.5, 0.6) is 0 Å². The summed E-state index contributed by atoms with van der Waals surface area (Å²) in [5, 5.41) is 0. The smallest absolute Gasteiger partial charge is 0.0604 e. The summed E-state index contributed by atoms with van der Waals surface area (Å²) in [6, 6.07) is 21.4. The fourth-order valence-corrected chi connectivity index (χ4v) is 2.86. The van der Waals surface area contributed by atoms with Gasteiger partial charge in [-0.2, -0.15) is 0 Å². The summed E-state index contributed by atoms with van der Waals surface area (Å²) in [5.41, 5.74) is 3.72. The average molecular weight is 300 g/mol. The van der Waals surface area contributed by atoms with Gasteiger partial charge < -0.3 is 0 Å². The Morgan fingerprint density at radius 2 is 1.48 bits per heavy atom. The third kappa shape index (κ3) is 4.45. The molecule has 2 aromatic carbocycles. The lowest BCUT2D eigenvalue weighted by atomic mass is 9.96. The molecular weight excluding hydrogens is 278 g/mol. The maximum absolute atomic E-state index is 6.03. The van der Waals surface area contributed by atoms with E-state index in [-0.39, 0.29) is 6.04 Å². The van der Waals surface area contributed by atoms with Gasteiger partial charge in [0.25, 0.3) is 0 Å². The van der Waals surface area contributed by atoms with Crippen molar-refractivity contribution in [3.05, 3.63) is 83.9 Å². The Morgan fingerprint density at radius 1 is 1.00 bits per heavy atom. The van der Waals surface area contributed by atoms with Gasteiger partial charge >= 0.3 is 0 Å². The minimum absolute atomic E-state index is 0.211. The average Bonchev–Trinajstić information content (AvgIpc) is 2.49. The SMILES string of the molecule is C=C(C)CN(CCCl)C(c1ccccc1)c1ccccc1. The minimum Gasteiger partial charge on any atom is -0.287 e. The molecule has 0 aliphatic carbocycles. The van der Waals surface area contributed by atoms with Crippen molar-refractivity contribution in [2.75, 3.05) is 19.0 Å². The first kappa shape index (κ1) is 15.8. The summed E-state index contributed by atoms with van der Waals surface area (Å²) in [6.45, 7) is 7.81. The van der Waals surface area contributed by atoms with Gasteiger partial charge in [-0.25, -0.2) is 0 Å². The zero-order chi connectivity index (χ0) is 15.1. The molecule has 0 saturated carbocycles. The van der Waals surface area contributed by atoms with E-state index in [1.807, 2.05) is 0 Å². The zero-order valence-corrected chi connectivity index (χ0v) is 13.3. The summed E-state index contributed by atoms with van der Waals surface area (Å²) in [7, 11) is 0. The first-order chi connectivity index (χ1) is 10.2. The summed E-state index contributed by atoms with van der Waals surface area (Å²) >= 11 is 6.03. The quantitative estimate of drug-likeness (QED) is 0.519. The minimum atomic E-state index is 0.211. The second-order valence-corrected chi connectivity index (χ2v) is 5.72. The molecule has 0 atom stereocenters. The third-order valence-electron chi connectivity index (χ3n) is 3.44. The van der Waals surface area contributed by atoms with Gasteiger partial charge in [0.1, 0.15) is 0 Å². The van der Waals surface area contributed by atoms with Gasteiger partial charge in [0, 0.05) is 19.0 Å². The Hall–Kier alpha value is -1.57. The van der Waals surface area contributed by atoms with Crippen molar-refractivity contribution >= 4 is 11.6 Å². The predicted octanol–water partition coefficient (Wildman–Crippen LogP) is 4.89. The van der Waals surface area contributed by atoms with Crippen LogP contribution in [-0.4, -0.2) is 23.9 Å². The van der Waals surface area contributed by atoms with Crippen molar-refractivity contribution in [2.45, 2.75) is 13.0 Å². The Balaban J connectivity index is 2.41. The third-order valence-corrected chi connectivity index (χ3v) is 3.61. The molecule has 21 heavy (non-hydrogen) atoms. The van der Waals surface area contributed by atoms with Crippen molar-refractivity contribution in [2.24, 2.45) is 0 Å². The summed E-state index contributed by atoms with van der Waals surface area (Å²) in [4.78, 5) is 2.39. The van der Waals surface area contributed by atoms with E-state index in [2.05, 4.69) is 79.1 Å². The molecular formula is C19H22ClN. The van der Waals surface area contributed by atoms with Crippen LogP contribution in [0.15, 0.2) is 72.8 Å². The largest absolute Gasteiger partial charge is 0.287 e. The number of benzene rings is 2. The molecule has 0 heterocycles. The van der Waals surface area contributed by atoms with Crippen LogP contribution in [0.3, 0.4) is 0 Å². The molecule has 0 N–H and O–H groups in total. The Bertz CT molecular complexity index is 511. The zero-order valence-electron chi connectivity index (χ0n) is 12.5. The van der Waals surface area contributed by atoms with Crippen LogP contribution in [0.1, 0.15) is 24.1 Å². The molecule has 0 bridgehead atoms. The van der Waals surface area contributed by atoms with Crippen LogP contribution >= 0.6 is 11.6 Å². The first-order valence-corrected chi connectivity index (χ1v) is 7.80. The summed E-state index contributed by atoms with van der Waals surface area (Å²) in [5.74, 6) is 0.615. The second-order valence-electron chi connectivity index (χ2n) is 5.34. The number of halogens is 1. The van der Waals surface area contributed by atoms with E-state index in [9.17, 15) is 0 Å². The molecule has 0 unspecified atom stereocenters. The van der Waals surface area contributed by atoms with Gasteiger partial charge in [0.15, 0.2) is 0 Å². The van der Waals surface area contributed by atoms with E-state index in [1.165, 1.54) is 11.1 Å². The monoisotopic (exact) mass is 299 g/mol. The number of hydrogen-bond acceptors (Lipinski definition) is 1. The Kier molecular flexibility index (Phi) is 6.04. The van der Waals surface area contributed by atoms with Crippen LogP contribution in [0.4, 0.5) is 0 Å². The van der Waals surface area contributed by atoms with Crippen LogP contribution in [-0.2, 0) is 0 Å². The van der Waals surface area contributed by atoms with Crippen LogP contribution in [0.25, 0.3) is 0 Å². The van der Waals surface area contributed by atoms with E-state index in [1.54, 1.807) is 0 Å². The lowest BCUT2D eigenvalue weighted by molar-refractivity contribution is 0.260. The van der Waals surface area contributed by atoms with Crippen LogP contribution in [0.2, 0.25) is 0 Å². The molecule has 0 fully saturated rings. The lowest BCUT2D eigenvalue weighted by Gasteiger charge is -2.32. The highest BCUT2D eigenvalue weighted by Gasteiger charge is 2.21. The molecule has 1 nitrogen and oxygen atoms in total. The normalized spacial score (nSPS) is 11.0. The maximum Gasteiger partial charge on any atom is 0.0604 e. The molecule has 0 aromatic heterocycles.